The van der Waals surface area contributed by atoms with Gasteiger partial charge in [0, 0.05) is 21.9 Å². The zero-order valence-corrected chi connectivity index (χ0v) is 26.0. The molecule has 46 heavy (non-hydrogen) atoms. The van der Waals surface area contributed by atoms with E-state index in [-0.39, 0.29) is 5.41 Å². The van der Waals surface area contributed by atoms with Gasteiger partial charge in [-0.2, -0.15) is 0 Å². The molecule has 0 saturated carbocycles. The smallest absolute Gasteiger partial charge is 0.0547 e. The van der Waals surface area contributed by atoms with Crippen LogP contribution in [0.4, 0.5) is 0 Å². The van der Waals surface area contributed by atoms with Gasteiger partial charge in [-0.25, -0.2) is 0 Å². The lowest BCUT2D eigenvalue weighted by Crippen LogP contribution is -2.15. The van der Waals surface area contributed by atoms with Gasteiger partial charge in [0.2, 0.25) is 0 Å². The van der Waals surface area contributed by atoms with Gasteiger partial charge in [0.1, 0.15) is 0 Å². The van der Waals surface area contributed by atoms with E-state index in [1.54, 1.807) is 0 Å². The van der Waals surface area contributed by atoms with Crippen LogP contribution in [0, 0.1) is 0 Å². The molecule has 0 fully saturated rings. The van der Waals surface area contributed by atoms with Gasteiger partial charge >= 0.3 is 0 Å². The fourth-order valence-corrected chi connectivity index (χ4v) is 7.62. The lowest BCUT2D eigenvalue weighted by molar-refractivity contribution is 0.661. The highest BCUT2D eigenvalue weighted by molar-refractivity contribution is 6.11. The second kappa shape index (κ2) is 10.2. The molecule has 1 aliphatic carbocycles. The minimum Gasteiger partial charge on any atom is -0.309 e. The fourth-order valence-electron chi connectivity index (χ4n) is 7.62. The second-order valence-electron chi connectivity index (χ2n) is 13.0. The van der Waals surface area contributed by atoms with Crippen molar-refractivity contribution in [3.63, 3.8) is 0 Å². The number of fused-ring (bicyclic) bond motifs is 6. The van der Waals surface area contributed by atoms with Gasteiger partial charge in [-0.05, 0) is 110 Å². The number of rotatable bonds is 4. The highest BCUT2D eigenvalue weighted by atomic mass is 15.0. The number of benzene rings is 7. The maximum atomic E-state index is 2.47. The van der Waals surface area contributed by atoms with Crippen LogP contribution in [0.15, 0.2) is 164 Å². The zero-order valence-electron chi connectivity index (χ0n) is 26.0. The predicted octanol–water partition coefficient (Wildman–Crippen LogP) is 12.1. The van der Waals surface area contributed by atoms with E-state index in [2.05, 4.69) is 182 Å². The number of para-hydroxylation sites is 2. The molecular formula is C45H33N. The first-order valence-electron chi connectivity index (χ1n) is 16.1. The van der Waals surface area contributed by atoms with Crippen molar-refractivity contribution >= 4 is 21.8 Å². The highest BCUT2D eigenvalue weighted by Gasteiger charge is 2.36. The van der Waals surface area contributed by atoms with Gasteiger partial charge in [0.25, 0.3) is 0 Å². The van der Waals surface area contributed by atoms with E-state index < -0.39 is 0 Å². The summed E-state index contributed by atoms with van der Waals surface area (Å²) in [7, 11) is 0. The standard InChI is InChI=1S/C45H33N/c1-45(2)41-27-32(35-25-33(30-14-6-3-7-15-30)24-34(26-35)31-16-8-4-9-17-31)22-23-37(41)39-29-44-40(28-42(39)45)38-20-12-13-21-43(38)46(44)36-18-10-5-11-19-36/h3-29H,1-2H3. The Bertz CT molecular complexity index is 2350. The SMILES string of the molecule is CC1(C)c2cc(-c3cc(-c4ccccc4)cc(-c4ccccc4)c3)ccc2-c2cc3c(cc21)c1ccccc1n3-c1ccccc1. The highest BCUT2D eigenvalue weighted by Crippen LogP contribution is 2.52. The summed E-state index contributed by atoms with van der Waals surface area (Å²) >= 11 is 0. The van der Waals surface area contributed by atoms with Crippen LogP contribution in [-0.2, 0) is 5.41 Å². The average Bonchev–Trinajstić information content (AvgIpc) is 3.56. The number of hydrogen-bond donors (Lipinski definition) is 0. The van der Waals surface area contributed by atoms with Gasteiger partial charge in [-0.1, -0.05) is 123 Å². The van der Waals surface area contributed by atoms with Gasteiger partial charge < -0.3 is 4.57 Å². The number of aromatic nitrogens is 1. The molecule has 1 heterocycles. The van der Waals surface area contributed by atoms with Crippen LogP contribution < -0.4 is 0 Å². The summed E-state index contributed by atoms with van der Waals surface area (Å²) in [5.74, 6) is 0. The summed E-state index contributed by atoms with van der Waals surface area (Å²) in [5.41, 5.74) is 16.4. The van der Waals surface area contributed by atoms with Crippen LogP contribution >= 0.6 is 0 Å². The first-order chi connectivity index (χ1) is 22.6. The molecule has 8 aromatic rings. The normalized spacial score (nSPS) is 13.2. The number of hydrogen-bond acceptors (Lipinski definition) is 0. The Morgan fingerprint density at radius 3 is 1.57 bits per heavy atom. The molecule has 7 aromatic carbocycles. The van der Waals surface area contributed by atoms with Crippen LogP contribution in [0.2, 0.25) is 0 Å². The molecule has 1 heteroatoms. The summed E-state index contributed by atoms with van der Waals surface area (Å²) in [6, 6.07) is 60.0. The van der Waals surface area contributed by atoms with Gasteiger partial charge in [0.15, 0.2) is 0 Å². The van der Waals surface area contributed by atoms with Crippen molar-refractivity contribution in [2.75, 3.05) is 0 Å². The molecule has 0 bridgehead atoms. The molecule has 0 unspecified atom stereocenters. The molecule has 0 N–H and O–H groups in total. The van der Waals surface area contributed by atoms with Crippen LogP contribution in [-0.4, -0.2) is 4.57 Å². The lowest BCUT2D eigenvalue weighted by atomic mass is 9.81. The topological polar surface area (TPSA) is 4.93 Å². The summed E-state index contributed by atoms with van der Waals surface area (Å²) in [6.07, 6.45) is 0. The Morgan fingerprint density at radius 2 is 0.913 bits per heavy atom. The summed E-state index contributed by atoms with van der Waals surface area (Å²) in [6.45, 7) is 4.78. The molecule has 0 aliphatic heterocycles. The van der Waals surface area contributed by atoms with E-state index in [0.29, 0.717) is 0 Å². The Balaban J connectivity index is 1.24. The van der Waals surface area contributed by atoms with Crippen molar-refractivity contribution in [1.29, 1.82) is 0 Å². The van der Waals surface area contributed by atoms with Crippen molar-refractivity contribution in [3.05, 3.63) is 175 Å². The van der Waals surface area contributed by atoms with E-state index in [1.807, 2.05) is 0 Å². The van der Waals surface area contributed by atoms with Crippen molar-refractivity contribution in [2.45, 2.75) is 19.3 Å². The van der Waals surface area contributed by atoms with Crippen molar-refractivity contribution < 1.29 is 0 Å². The largest absolute Gasteiger partial charge is 0.309 e. The molecule has 1 aromatic heterocycles. The van der Waals surface area contributed by atoms with E-state index in [0.717, 1.165) is 0 Å². The van der Waals surface area contributed by atoms with Crippen LogP contribution in [0.3, 0.4) is 0 Å². The van der Waals surface area contributed by atoms with Crippen LogP contribution in [0.5, 0.6) is 0 Å². The van der Waals surface area contributed by atoms with E-state index in [9.17, 15) is 0 Å². The Morgan fingerprint density at radius 1 is 0.370 bits per heavy atom. The Labute approximate surface area is 270 Å². The Kier molecular flexibility index (Phi) is 5.92. The van der Waals surface area contributed by atoms with Gasteiger partial charge in [-0.15, -0.1) is 0 Å². The molecule has 0 radical (unpaired) electrons. The molecule has 218 valence electrons. The summed E-state index contributed by atoms with van der Waals surface area (Å²) < 4.78 is 2.42. The molecule has 0 atom stereocenters. The molecule has 1 nitrogen and oxygen atoms in total. The molecule has 0 amide bonds. The molecule has 9 rings (SSSR count). The third-order valence-corrected chi connectivity index (χ3v) is 9.96. The summed E-state index contributed by atoms with van der Waals surface area (Å²) in [4.78, 5) is 0. The second-order valence-corrected chi connectivity index (χ2v) is 13.0. The van der Waals surface area contributed by atoms with Gasteiger partial charge in [0.05, 0.1) is 11.0 Å². The fraction of sp³-hybridized carbons (Fsp3) is 0.0667. The average molecular weight is 588 g/mol. The molecular weight excluding hydrogens is 555 g/mol. The maximum Gasteiger partial charge on any atom is 0.0547 e. The minimum atomic E-state index is -0.135. The predicted molar refractivity (Wildman–Crippen MR) is 195 cm³/mol. The quantitative estimate of drug-likeness (QED) is 0.193. The first-order valence-corrected chi connectivity index (χ1v) is 16.1. The lowest BCUT2D eigenvalue weighted by Gasteiger charge is -2.22. The zero-order chi connectivity index (χ0) is 30.8. The van der Waals surface area contributed by atoms with Crippen LogP contribution in [0.25, 0.3) is 72.0 Å². The minimum absolute atomic E-state index is 0.135. The maximum absolute atomic E-state index is 2.47. The molecule has 1 aliphatic rings. The van der Waals surface area contributed by atoms with Gasteiger partial charge in [-0.3, -0.25) is 0 Å². The number of nitrogens with zero attached hydrogens (tertiary/aromatic N) is 1. The third-order valence-electron chi connectivity index (χ3n) is 9.96. The van der Waals surface area contributed by atoms with Crippen molar-refractivity contribution in [3.8, 4) is 50.2 Å². The van der Waals surface area contributed by atoms with E-state index in [1.165, 1.54) is 83.1 Å². The monoisotopic (exact) mass is 587 g/mol. The Hall–Kier alpha value is -5.66. The first kappa shape index (κ1) is 26.7. The van der Waals surface area contributed by atoms with Crippen LogP contribution in [0.1, 0.15) is 25.0 Å². The molecule has 0 spiro atoms. The van der Waals surface area contributed by atoms with E-state index in [4.69, 9.17) is 0 Å². The summed E-state index contributed by atoms with van der Waals surface area (Å²) in [5, 5.41) is 2.60. The van der Waals surface area contributed by atoms with Crippen molar-refractivity contribution in [1.82, 2.24) is 4.57 Å². The molecule has 0 saturated heterocycles. The van der Waals surface area contributed by atoms with Crippen molar-refractivity contribution in [2.24, 2.45) is 0 Å². The third kappa shape index (κ3) is 4.09. The van der Waals surface area contributed by atoms with E-state index >= 15 is 0 Å².